The fourth-order valence-electron chi connectivity index (χ4n) is 12.4. The Labute approximate surface area is 472 Å². The van der Waals surface area contributed by atoms with Crippen LogP contribution in [0.2, 0.25) is 0 Å². The van der Waals surface area contributed by atoms with E-state index >= 15 is 0 Å². The van der Waals surface area contributed by atoms with Crippen molar-refractivity contribution in [2.75, 3.05) is 16.5 Å². The van der Waals surface area contributed by atoms with Gasteiger partial charge in [-0.25, -0.2) is 4.98 Å². The number of aromatic nitrogens is 2. The first kappa shape index (κ1) is 50.6. The molecule has 80 heavy (non-hydrogen) atoms. The standard InChI is InChI=1S/C75H68N4O/c1-72(2,3)52-31-33-53(34-32-52)75(66-29-18-16-27-60(66)61-28-17-19-30-67(61)75)55-35-37-62-63-38-36-59(48-69(63)79(68(62)45-55)70-46-54(39-40-76-70)73(4,5)6)80-58-26-20-25-57(47-58)77-41-42-78(49-77)71-64(50-21-12-10-13-22-50)43-56(74(7,8)9)44-65(71)51-23-14-11-15-24-51/h10-48H,49H2,1-9H3. The first-order valence-corrected chi connectivity index (χ1v) is 28.2. The van der Waals surface area contributed by atoms with E-state index in [1.807, 2.05) is 6.20 Å². The maximum absolute atomic E-state index is 6.95. The van der Waals surface area contributed by atoms with Crippen LogP contribution in [0.25, 0.3) is 61.0 Å². The Hall–Kier alpha value is -8.93. The Balaban J connectivity index is 0.908. The highest BCUT2D eigenvalue weighted by Crippen LogP contribution is 2.57. The average molecular weight is 1040 g/mol. The third kappa shape index (κ3) is 8.68. The lowest BCUT2D eigenvalue weighted by atomic mass is 9.67. The normalized spacial score (nSPS) is 14.0. The fraction of sp³-hybridized carbons (Fsp3) is 0.187. The molecule has 3 heterocycles. The van der Waals surface area contributed by atoms with Gasteiger partial charge in [-0.3, -0.25) is 4.57 Å². The molecule has 0 amide bonds. The molecule has 394 valence electrons. The number of hydrogen-bond donors (Lipinski definition) is 0. The monoisotopic (exact) mass is 1040 g/mol. The Bertz CT molecular complexity index is 4080. The van der Waals surface area contributed by atoms with Crippen LogP contribution in [0, 0.1) is 0 Å². The van der Waals surface area contributed by atoms with Crippen LogP contribution in [0.5, 0.6) is 11.5 Å². The summed E-state index contributed by atoms with van der Waals surface area (Å²) in [4.78, 5) is 9.85. The first-order valence-electron chi connectivity index (χ1n) is 28.2. The lowest BCUT2D eigenvalue weighted by Gasteiger charge is -2.34. The van der Waals surface area contributed by atoms with Crippen LogP contribution < -0.4 is 14.5 Å². The zero-order valence-electron chi connectivity index (χ0n) is 47.4. The number of pyridine rings is 1. The maximum Gasteiger partial charge on any atom is 0.137 e. The third-order valence-electron chi connectivity index (χ3n) is 16.7. The van der Waals surface area contributed by atoms with E-state index < -0.39 is 5.41 Å². The van der Waals surface area contributed by atoms with Gasteiger partial charge in [0.05, 0.1) is 28.8 Å². The SMILES string of the molecule is CC(C)(C)c1ccc(C2(c3ccc4c5ccc(Oc6cccc(N7C=CN(c8c(-c9ccccc9)cc(C(C)(C)C)cc8-c8ccccc8)C7)c6)cc5n(-c5cc(C(C)(C)C)ccn5)c4c3)c3ccccc3-c3ccccc32)cc1. The number of benzene rings is 9. The highest BCUT2D eigenvalue weighted by Gasteiger charge is 2.46. The van der Waals surface area contributed by atoms with Gasteiger partial charge in [-0.2, -0.15) is 0 Å². The van der Waals surface area contributed by atoms with Crippen LogP contribution >= 0.6 is 0 Å². The summed E-state index contributed by atoms with van der Waals surface area (Å²) in [7, 11) is 0. The molecule has 11 aromatic rings. The number of hydrogen-bond acceptors (Lipinski definition) is 4. The van der Waals surface area contributed by atoms with Crippen molar-refractivity contribution in [2.45, 2.75) is 84.0 Å². The molecule has 5 heteroatoms. The average Bonchev–Trinajstić information content (AvgIpc) is 4.28. The van der Waals surface area contributed by atoms with Crippen molar-refractivity contribution >= 4 is 33.2 Å². The van der Waals surface area contributed by atoms with Crippen LogP contribution in [-0.4, -0.2) is 16.2 Å². The van der Waals surface area contributed by atoms with E-state index in [1.54, 1.807) is 0 Å². The van der Waals surface area contributed by atoms with Crippen molar-refractivity contribution < 1.29 is 4.74 Å². The minimum atomic E-state index is -0.578. The number of rotatable bonds is 9. The molecule has 0 saturated carbocycles. The lowest BCUT2D eigenvalue weighted by Crippen LogP contribution is -2.29. The molecule has 0 N–H and O–H groups in total. The van der Waals surface area contributed by atoms with E-state index in [4.69, 9.17) is 9.72 Å². The van der Waals surface area contributed by atoms with E-state index in [2.05, 4.69) is 307 Å². The summed E-state index contributed by atoms with van der Waals surface area (Å²) in [6.45, 7) is 21.2. The minimum Gasteiger partial charge on any atom is -0.457 e. The van der Waals surface area contributed by atoms with Gasteiger partial charge < -0.3 is 14.5 Å². The molecule has 0 saturated heterocycles. The topological polar surface area (TPSA) is 33.5 Å². The van der Waals surface area contributed by atoms with Crippen molar-refractivity contribution in [3.05, 3.63) is 276 Å². The van der Waals surface area contributed by atoms with Gasteiger partial charge in [0, 0.05) is 58.3 Å². The number of anilines is 2. The quantitative estimate of drug-likeness (QED) is 0.144. The third-order valence-corrected chi connectivity index (χ3v) is 16.7. The first-order chi connectivity index (χ1) is 38.5. The molecule has 0 bridgehead atoms. The van der Waals surface area contributed by atoms with Gasteiger partial charge in [0.2, 0.25) is 0 Å². The Kier molecular flexibility index (Phi) is 12.1. The summed E-state index contributed by atoms with van der Waals surface area (Å²) in [6.07, 6.45) is 6.37. The molecule has 0 fully saturated rings. The van der Waals surface area contributed by atoms with Gasteiger partial charge in [-0.05, 0) is 132 Å². The second-order valence-corrected chi connectivity index (χ2v) is 24.9. The van der Waals surface area contributed by atoms with Gasteiger partial charge in [0.1, 0.15) is 17.3 Å². The number of fused-ring (bicyclic) bond motifs is 6. The molecule has 5 nitrogen and oxygen atoms in total. The Morgan fingerprint density at radius 3 is 1.56 bits per heavy atom. The predicted molar refractivity (Wildman–Crippen MR) is 335 cm³/mol. The molecule has 1 aliphatic carbocycles. The van der Waals surface area contributed by atoms with E-state index in [0.717, 1.165) is 44.8 Å². The van der Waals surface area contributed by atoms with Crippen molar-refractivity contribution in [1.82, 2.24) is 9.55 Å². The fourth-order valence-corrected chi connectivity index (χ4v) is 12.4. The summed E-state index contributed by atoms with van der Waals surface area (Å²) >= 11 is 0. The van der Waals surface area contributed by atoms with Crippen molar-refractivity contribution in [1.29, 1.82) is 0 Å². The van der Waals surface area contributed by atoms with E-state index in [1.165, 1.54) is 78.0 Å². The molecule has 0 unspecified atom stereocenters. The Morgan fingerprint density at radius 1 is 0.412 bits per heavy atom. The molecule has 0 spiro atoms. The maximum atomic E-state index is 6.95. The van der Waals surface area contributed by atoms with Crippen molar-refractivity contribution in [3.8, 4) is 50.7 Å². The van der Waals surface area contributed by atoms with Crippen LogP contribution in [0.15, 0.2) is 237 Å². The molecule has 2 aliphatic rings. The van der Waals surface area contributed by atoms with E-state index in [-0.39, 0.29) is 16.2 Å². The molecule has 0 atom stereocenters. The Morgan fingerprint density at radius 2 is 0.950 bits per heavy atom. The van der Waals surface area contributed by atoms with Gasteiger partial charge in [0.25, 0.3) is 0 Å². The van der Waals surface area contributed by atoms with Gasteiger partial charge in [-0.1, -0.05) is 214 Å². The van der Waals surface area contributed by atoms with Crippen molar-refractivity contribution in [3.63, 3.8) is 0 Å². The lowest BCUT2D eigenvalue weighted by molar-refractivity contribution is 0.483. The summed E-state index contributed by atoms with van der Waals surface area (Å²) in [5.74, 6) is 2.38. The zero-order chi connectivity index (χ0) is 55.1. The molecule has 0 radical (unpaired) electrons. The van der Waals surface area contributed by atoms with Crippen LogP contribution in [0.4, 0.5) is 11.4 Å². The zero-order valence-corrected chi connectivity index (χ0v) is 47.4. The number of nitrogens with zero attached hydrogens (tertiary/aromatic N) is 4. The van der Waals surface area contributed by atoms with Gasteiger partial charge >= 0.3 is 0 Å². The van der Waals surface area contributed by atoms with E-state index in [0.29, 0.717) is 6.67 Å². The van der Waals surface area contributed by atoms with E-state index in [9.17, 15) is 0 Å². The van der Waals surface area contributed by atoms with Gasteiger partial charge in [-0.15, -0.1) is 0 Å². The van der Waals surface area contributed by atoms with Crippen molar-refractivity contribution in [2.24, 2.45) is 0 Å². The molecular formula is C75H68N4O. The molecule has 13 rings (SSSR count). The molecule has 2 aromatic heterocycles. The molecule has 1 aliphatic heterocycles. The van der Waals surface area contributed by atoms with Crippen LogP contribution in [-0.2, 0) is 21.7 Å². The molecular weight excluding hydrogens is 973 g/mol. The number of ether oxygens (including phenoxy) is 1. The minimum absolute atomic E-state index is 0.0193. The van der Waals surface area contributed by atoms with Gasteiger partial charge in [0.15, 0.2) is 0 Å². The summed E-state index contributed by atoms with van der Waals surface area (Å²) in [6, 6.07) is 80.4. The summed E-state index contributed by atoms with van der Waals surface area (Å²) < 4.78 is 9.32. The highest BCUT2D eigenvalue weighted by molar-refractivity contribution is 6.10. The van der Waals surface area contributed by atoms with Crippen LogP contribution in [0.3, 0.4) is 0 Å². The second-order valence-electron chi connectivity index (χ2n) is 24.9. The summed E-state index contributed by atoms with van der Waals surface area (Å²) in [5, 5.41) is 2.29. The second kappa shape index (κ2) is 19.2. The highest BCUT2D eigenvalue weighted by atomic mass is 16.5. The van der Waals surface area contributed by atoms with Crippen LogP contribution in [0.1, 0.15) is 101 Å². The smallest absolute Gasteiger partial charge is 0.137 e. The summed E-state index contributed by atoms with van der Waals surface area (Å²) in [5.41, 5.74) is 19.9. The molecule has 9 aromatic carbocycles. The predicted octanol–water partition coefficient (Wildman–Crippen LogP) is 19.3. The largest absolute Gasteiger partial charge is 0.457 e.